The van der Waals surface area contributed by atoms with E-state index in [0.717, 1.165) is 25.6 Å². The molecule has 3 atom stereocenters. The first-order valence-corrected chi connectivity index (χ1v) is 8.17. The Bertz CT molecular complexity index is 358. The zero-order valence-electron chi connectivity index (χ0n) is 12.6. The van der Waals surface area contributed by atoms with Gasteiger partial charge in [0.1, 0.15) is 0 Å². The van der Waals surface area contributed by atoms with E-state index in [1.54, 1.807) is 0 Å². The van der Waals surface area contributed by atoms with Crippen molar-refractivity contribution in [1.82, 2.24) is 15.1 Å². The van der Waals surface area contributed by atoms with Gasteiger partial charge in [-0.05, 0) is 45.6 Å². The summed E-state index contributed by atoms with van der Waals surface area (Å²) in [6, 6.07) is 1.74. The number of nitrogens with two attached hydrogens (primary N) is 1. The molecule has 0 radical (unpaired) electrons. The average molecular weight is 280 g/mol. The van der Waals surface area contributed by atoms with E-state index < -0.39 is 0 Å². The Labute approximate surface area is 121 Å². The molecule has 2 heterocycles. The molecule has 114 valence electrons. The maximum absolute atomic E-state index is 11.5. The summed E-state index contributed by atoms with van der Waals surface area (Å²) < 4.78 is 0. The predicted octanol–water partition coefficient (Wildman–Crippen LogP) is 0.151. The molecule has 0 spiro atoms. The van der Waals surface area contributed by atoms with Gasteiger partial charge in [0.2, 0.25) is 5.91 Å². The smallest absolute Gasteiger partial charge is 0.234 e. The molecule has 0 aromatic carbocycles. The second-order valence-corrected chi connectivity index (χ2v) is 6.82. The van der Waals surface area contributed by atoms with E-state index >= 15 is 0 Å². The minimum atomic E-state index is -0.191. The number of carbonyl (C=O) groups excluding carboxylic acids is 1. The summed E-state index contributed by atoms with van der Waals surface area (Å²) in [4.78, 5) is 16.7. The van der Waals surface area contributed by atoms with Crippen molar-refractivity contribution in [3.8, 4) is 0 Å². The van der Waals surface area contributed by atoms with Crippen LogP contribution in [0.25, 0.3) is 0 Å². The minimum Gasteiger partial charge on any atom is -0.368 e. The Hall–Kier alpha value is -0.650. The highest BCUT2D eigenvalue weighted by Gasteiger charge is 2.35. The summed E-state index contributed by atoms with van der Waals surface area (Å²) in [5, 5.41) is 3.38. The molecule has 0 aromatic rings. The lowest BCUT2D eigenvalue weighted by molar-refractivity contribution is -0.120. The number of primary amides is 1. The van der Waals surface area contributed by atoms with Crippen LogP contribution >= 0.6 is 0 Å². The molecule has 0 bridgehead atoms. The summed E-state index contributed by atoms with van der Waals surface area (Å²) in [6.07, 6.45) is 5.92. The molecule has 2 aliphatic heterocycles. The first-order chi connectivity index (χ1) is 9.63. The van der Waals surface area contributed by atoms with Gasteiger partial charge < -0.3 is 11.1 Å². The number of rotatable bonds is 6. The van der Waals surface area contributed by atoms with Crippen molar-refractivity contribution >= 4 is 5.91 Å². The van der Waals surface area contributed by atoms with Crippen LogP contribution in [0.5, 0.6) is 0 Å². The SMILES string of the molecule is CC1CN2CCCC2CN1CCC(NC1CC1)C(N)=O. The number of amides is 1. The average Bonchev–Trinajstić information content (AvgIpc) is 3.11. The first-order valence-electron chi connectivity index (χ1n) is 8.17. The third-order valence-electron chi connectivity index (χ3n) is 5.13. The van der Waals surface area contributed by atoms with Gasteiger partial charge in [0.05, 0.1) is 6.04 Å². The lowest BCUT2D eigenvalue weighted by atomic mass is 10.1. The number of nitrogens with zero attached hydrogens (tertiary/aromatic N) is 2. The lowest BCUT2D eigenvalue weighted by Crippen LogP contribution is -2.56. The lowest BCUT2D eigenvalue weighted by Gasteiger charge is -2.42. The molecule has 3 N–H and O–H groups in total. The number of hydrogen-bond donors (Lipinski definition) is 2. The number of hydrogen-bond acceptors (Lipinski definition) is 4. The zero-order chi connectivity index (χ0) is 14.1. The van der Waals surface area contributed by atoms with Crippen molar-refractivity contribution in [2.24, 2.45) is 5.73 Å². The molecule has 3 aliphatic rings. The van der Waals surface area contributed by atoms with Crippen LogP contribution < -0.4 is 11.1 Å². The summed E-state index contributed by atoms with van der Waals surface area (Å²) in [6.45, 7) is 6.91. The van der Waals surface area contributed by atoms with Crippen LogP contribution in [0.4, 0.5) is 0 Å². The molecular weight excluding hydrogens is 252 g/mol. The van der Waals surface area contributed by atoms with Crippen LogP contribution in [-0.2, 0) is 4.79 Å². The van der Waals surface area contributed by atoms with E-state index in [1.807, 2.05) is 0 Å². The standard InChI is InChI=1S/C15H28N4O/c1-11-9-19-7-2-3-13(19)10-18(11)8-6-14(15(16)20)17-12-4-5-12/h11-14,17H,2-10H2,1H3,(H2,16,20). The summed E-state index contributed by atoms with van der Waals surface area (Å²) >= 11 is 0. The normalized spacial score (nSPS) is 33.0. The largest absolute Gasteiger partial charge is 0.368 e. The van der Waals surface area contributed by atoms with Crippen LogP contribution in [0.3, 0.4) is 0 Å². The topological polar surface area (TPSA) is 61.6 Å². The summed E-state index contributed by atoms with van der Waals surface area (Å²) in [5.74, 6) is -0.191. The van der Waals surface area contributed by atoms with Crippen LogP contribution in [-0.4, -0.2) is 66.1 Å². The Morgan fingerprint density at radius 3 is 2.85 bits per heavy atom. The quantitative estimate of drug-likeness (QED) is 0.727. The molecule has 3 unspecified atom stereocenters. The van der Waals surface area contributed by atoms with Crippen LogP contribution in [0, 0.1) is 0 Å². The van der Waals surface area contributed by atoms with Gasteiger partial charge in [-0.25, -0.2) is 0 Å². The Morgan fingerprint density at radius 2 is 2.15 bits per heavy atom. The second-order valence-electron chi connectivity index (χ2n) is 6.82. The molecular formula is C15H28N4O. The molecule has 3 rings (SSSR count). The molecule has 3 fully saturated rings. The maximum Gasteiger partial charge on any atom is 0.234 e. The molecule has 1 amide bonds. The highest BCUT2D eigenvalue weighted by molar-refractivity contribution is 5.79. The molecule has 0 aromatic heterocycles. The Kier molecular flexibility index (Phi) is 4.29. The molecule has 5 nitrogen and oxygen atoms in total. The van der Waals surface area contributed by atoms with Crippen molar-refractivity contribution in [2.75, 3.05) is 26.2 Å². The van der Waals surface area contributed by atoms with Gasteiger partial charge in [0.25, 0.3) is 0 Å². The van der Waals surface area contributed by atoms with Crippen LogP contribution in [0.2, 0.25) is 0 Å². The van der Waals surface area contributed by atoms with Crippen molar-refractivity contribution in [3.05, 3.63) is 0 Å². The van der Waals surface area contributed by atoms with E-state index in [-0.39, 0.29) is 11.9 Å². The monoisotopic (exact) mass is 280 g/mol. The van der Waals surface area contributed by atoms with Gasteiger partial charge >= 0.3 is 0 Å². The van der Waals surface area contributed by atoms with Gasteiger partial charge in [0, 0.05) is 37.8 Å². The van der Waals surface area contributed by atoms with Gasteiger partial charge in [-0.1, -0.05) is 0 Å². The van der Waals surface area contributed by atoms with E-state index in [4.69, 9.17) is 5.73 Å². The fourth-order valence-corrected chi connectivity index (χ4v) is 3.70. The number of carbonyl (C=O) groups is 1. The molecule has 20 heavy (non-hydrogen) atoms. The number of nitrogens with one attached hydrogen (secondary N) is 1. The van der Waals surface area contributed by atoms with Crippen molar-refractivity contribution < 1.29 is 4.79 Å². The van der Waals surface area contributed by atoms with E-state index in [9.17, 15) is 4.79 Å². The highest BCUT2D eigenvalue weighted by atomic mass is 16.1. The van der Waals surface area contributed by atoms with E-state index in [1.165, 1.54) is 38.8 Å². The fourth-order valence-electron chi connectivity index (χ4n) is 3.70. The Morgan fingerprint density at radius 1 is 1.35 bits per heavy atom. The molecule has 1 saturated carbocycles. The van der Waals surface area contributed by atoms with Gasteiger partial charge in [-0.3, -0.25) is 14.6 Å². The first kappa shape index (κ1) is 14.3. The summed E-state index contributed by atoms with van der Waals surface area (Å²) in [5.41, 5.74) is 5.52. The Balaban J connectivity index is 1.49. The number of fused-ring (bicyclic) bond motifs is 1. The van der Waals surface area contributed by atoms with E-state index in [2.05, 4.69) is 22.0 Å². The maximum atomic E-state index is 11.5. The number of piperazine rings is 1. The third kappa shape index (κ3) is 3.32. The van der Waals surface area contributed by atoms with Gasteiger partial charge in [-0.2, -0.15) is 0 Å². The fraction of sp³-hybridized carbons (Fsp3) is 0.933. The summed E-state index contributed by atoms with van der Waals surface area (Å²) in [7, 11) is 0. The highest BCUT2D eigenvalue weighted by Crippen LogP contribution is 2.25. The van der Waals surface area contributed by atoms with Crippen molar-refractivity contribution in [2.45, 2.75) is 63.2 Å². The molecule has 5 heteroatoms. The van der Waals surface area contributed by atoms with Gasteiger partial charge in [0.15, 0.2) is 0 Å². The van der Waals surface area contributed by atoms with Crippen molar-refractivity contribution in [3.63, 3.8) is 0 Å². The zero-order valence-corrected chi connectivity index (χ0v) is 12.6. The van der Waals surface area contributed by atoms with Gasteiger partial charge in [-0.15, -0.1) is 0 Å². The molecule has 2 saturated heterocycles. The minimum absolute atomic E-state index is 0.142. The predicted molar refractivity (Wildman–Crippen MR) is 79.4 cm³/mol. The van der Waals surface area contributed by atoms with Crippen LogP contribution in [0.15, 0.2) is 0 Å². The second kappa shape index (κ2) is 6.00. The van der Waals surface area contributed by atoms with Crippen LogP contribution in [0.1, 0.15) is 39.0 Å². The molecule has 1 aliphatic carbocycles. The third-order valence-corrected chi connectivity index (χ3v) is 5.13. The van der Waals surface area contributed by atoms with E-state index in [0.29, 0.717) is 12.1 Å². The van der Waals surface area contributed by atoms with Crippen molar-refractivity contribution in [1.29, 1.82) is 0 Å².